The number of ether oxygens (including phenoxy) is 2. The van der Waals surface area contributed by atoms with Gasteiger partial charge >= 0.3 is 6.09 Å². The van der Waals surface area contributed by atoms with Crippen molar-refractivity contribution in [2.75, 3.05) is 6.54 Å². The molecule has 0 bridgehead atoms. The van der Waals surface area contributed by atoms with Gasteiger partial charge in [0.05, 0.1) is 17.7 Å². The van der Waals surface area contributed by atoms with Crippen LogP contribution in [0.25, 0.3) is 16.6 Å². The summed E-state index contributed by atoms with van der Waals surface area (Å²) < 4.78 is 28.2. The van der Waals surface area contributed by atoms with Crippen molar-refractivity contribution in [2.45, 2.75) is 52.4 Å². The van der Waals surface area contributed by atoms with Gasteiger partial charge < -0.3 is 18.9 Å². The lowest BCUT2D eigenvalue weighted by atomic mass is 10.1. The molecule has 0 atom stereocenters. The molecular weight excluding hydrogens is 485 g/mol. The molecule has 4 aromatic rings. The van der Waals surface area contributed by atoms with Crippen LogP contribution in [0.5, 0.6) is 5.75 Å². The zero-order chi connectivity index (χ0) is 27.0. The van der Waals surface area contributed by atoms with Crippen LogP contribution in [0.1, 0.15) is 44.0 Å². The third-order valence-electron chi connectivity index (χ3n) is 6.75. The van der Waals surface area contributed by atoms with Gasteiger partial charge in [0.25, 0.3) is 5.56 Å². The average molecular weight is 518 g/mol. The Bertz CT molecular complexity index is 1550. The number of amides is 1. The van der Waals surface area contributed by atoms with Gasteiger partial charge in [0.1, 0.15) is 23.8 Å². The van der Waals surface area contributed by atoms with Crippen LogP contribution in [-0.2, 0) is 31.4 Å². The van der Waals surface area contributed by atoms with Crippen molar-refractivity contribution >= 4 is 17.0 Å². The Morgan fingerprint density at radius 3 is 2.53 bits per heavy atom. The van der Waals surface area contributed by atoms with Crippen molar-refractivity contribution in [3.8, 4) is 11.4 Å². The van der Waals surface area contributed by atoms with E-state index >= 15 is 0 Å². The maximum Gasteiger partial charge on any atom is 0.410 e. The second-order valence-corrected chi connectivity index (χ2v) is 10.7. The second kappa shape index (κ2) is 10.0. The molecule has 198 valence electrons. The number of aromatic nitrogens is 2. The molecule has 0 radical (unpaired) electrons. The highest BCUT2D eigenvalue weighted by atomic mass is 19.1. The first-order chi connectivity index (χ1) is 18.1. The van der Waals surface area contributed by atoms with Gasteiger partial charge in [-0.05, 0) is 69.5 Å². The number of rotatable bonds is 4. The van der Waals surface area contributed by atoms with Gasteiger partial charge in [-0.15, -0.1) is 0 Å². The van der Waals surface area contributed by atoms with Gasteiger partial charge in [0.15, 0.2) is 0 Å². The monoisotopic (exact) mass is 517 g/mol. The van der Waals surface area contributed by atoms with Crippen molar-refractivity contribution in [1.82, 2.24) is 14.0 Å². The Morgan fingerprint density at radius 1 is 1.05 bits per heavy atom. The third-order valence-corrected chi connectivity index (χ3v) is 6.75. The number of carbonyl (C=O) groups excluding carboxylic acids is 1. The summed E-state index contributed by atoms with van der Waals surface area (Å²) in [6, 6.07) is 15.2. The smallest absolute Gasteiger partial charge is 0.410 e. The van der Waals surface area contributed by atoms with Crippen LogP contribution in [0, 0.1) is 5.82 Å². The van der Waals surface area contributed by atoms with Crippen LogP contribution in [0.2, 0.25) is 0 Å². The maximum atomic E-state index is 13.1. The molecule has 2 aromatic carbocycles. The molecule has 0 N–H and O–H groups in total. The largest absolute Gasteiger partial charge is 0.489 e. The number of hydrogen-bond acceptors (Lipinski definition) is 4. The van der Waals surface area contributed by atoms with Crippen molar-refractivity contribution in [1.29, 1.82) is 0 Å². The van der Waals surface area contributed by atoms with Gasteiger partial charge in [-0.25, -0.2) is 9.18 Å². The molecule has 1 aliphatic heterocycles. The normalized spacial score (nSPS) is 13.8. The van der Waals surface area contributed by atoms with E-state index in [4.69, 9.17) is 9.47 Å². The summed E-state index contributed by atoms with van der Waals surface area (Å²) >= 11 is 0. The first kappa shape index (κ1) is 25.6. The number of aryl methyl sites for hydroxylation is 1. The van der Waals surface area contributed by atoms with Crippen molar-refractivity contribution in [2.24, 2.45) is 7.05 Å². The van der Waals surface area contributed by atoms with E-state index in [-0.39, 0.29) is 24.1 Å². The fourth-order valence-corrected chi connectivity index (χ4v) is 4.90. The van der Waals surface area contributed by atoms with E-state index in [9.17, 15) is 14.0 Å². The number of fused-ring (bicyclic) bond motifs is 3. The van der Waals surface area contributed by atoms with E-state index in [1.54, 1.807) is 33.9 Å². The van der Waals surface area contributed by atoms with Gasteiger partial charge in [-0.2, -0.15) is 0 Å². The number of halogens is 1. The summed E-state index contributed by atoms with van der Waals surface area (Å²) in [5.41, 5.74) is 4.11. The molecule has 1 aliphatic rings. The molecule has 7 nitrogen and oxygen atoms in total. The number of benzene rings is 2. The molecule has 38 heavy (non-hydrogen) atoms. The lowest BCUT2D eigenvalue weighted by Gasteiger charge is -2.26. The van der Waals surface area contributed by atoms with Crippen LogP contribution in [-0.4, -0.2) is 32.3 Å². The number of nitrogens with zero attached hydrogens (tertiary/aromatic N) is 3. The Kier molecular flexibility index (Phi) is 6.73. The minimum Gasteiger partial charge on any atom is -0.489 e. The number of pyridine rings is 1. The Hall–Kier alpha value is -4.07. The summed E-state index contributed by atoms with van der Waals surface area (Å²) in [5, 5.41) is 1.06. The molecule has 2 aromatic heterocycles. The van der Waals surface area contributed by atoms with E-state index in [2.05, 4.69) is 4.57 Å². The summed E-state index contributed by atoms with van der Waals surface area (Å²) in [6.45, 7) is 7.00. The minimum absolute atomic E-state index is 0.215. The Balaban J connectivity index is 1.40. The predicted molar refractivity (Wildman–Crippen MR) is 144 cm³/mol. The number of carbonyl (C=O) groups is 1. The minimum atomic E-state index is -0.547. The van der Waals surface area contributed by atoms with Gasteiger partial charge in [-0.3, -0.25) is 9.36 Å². The fraction of sp³-hybridized carbons (Fsp3) is 0.333. The highest BCUT2D eigenvalue weighted by molar-refractivity contribution is 5.88. The maximum absolute atomic E-state index is 13.1. The lowest BCUT2D eigenvalue weighted by molar-refractivity contribution is 0.0237. The summed E-state index contributed by atoms with van der Waals surface area (Å²) in [7, 11) is 2.03. The van der Waals surface area contributed by atoms with E-state index in [1.807, 2.05) is 46.0 Å². The van der Waals surface area contributed by atoms with E-state index < -0.39 is 5.60 Å². The molecule has 0 saturated carbocycles. The lowest BCUT2D eigenvalue weighted by Crippen LogP contribution is -2.36. The highest BCUT2D eigenvalue weighted by Gasteiger charge is 2.27. The topological polar surface area (TPSA) is 65.7 Å². The van der Waals surface area contributed by atoms with Crippen LogP contribution in [0.15, 0.2) is 65.6 Å². The van der Waals surface area contributed by atoms with Crippen LogP contribution < -0.4 is 10.3 Å². The molecule has 0 aliphatic carbocycles. The molecule has 0 unspecified atom stereocenters. The highest BCUT2D eigenvalue weighted by Crippen LogP contribution is 2.31. The molecule has 0 fully saturated rings. The van der Waals surface area contributed by atoms with Crippen LogP contribution in [0.4, 0.5) is 9.18 Å². The number of hydrogen-bond donors (Lipinski definition) is 0. The van der Waals surface area contributed by atoms with Gasteiger partial charge in [-0.1, -0.05) is 18.2 Å². The average Bonchev–Trinajstić information content (AvgIpc) is 3.00. The van der Waals surface area contributed by atoms with E-state index in [0.29, 0.717) is 18.8 Å². The van der Waals surface area contributed by atoms with Crippen LogP contribution in [0.3, 0.4) is 0 Å². The molecule has 8 heteroatoms. The molecular formula is C30H32FN3O4. The third kappa shape index (κ3) is 5.30. The SMILES string of the molecule is Cn1c2c(c3ccc(-n4ccc(OCc5ccc(F)cc5)cc4=O)cc31)CN(C(=O)OC(C)(C)C)CCC2. The van der Waals surface area contributed by atoms with Crippen molar-refractivity contribution in [3.63, 3.8) is 0 Å². The van der Waals surface area contributed by atoms with E-state index in [0.717, 1.165) is 40.6 Å². The van der Waals surface area contributed by atoms with Crippen molar-refractivity contribution < 1.29 is 18.7 Å². The van der Waals surface area contributed by atoms with Gasteiger partial charge in [0, 0.05) is 42.5 Å². The standard InChI is InChI=1S/C30H32FN3O4/c1-30(2,3)38-29(36)33-14-5-6-26-25(18-33)24-12-11-22(16-27(24)32(26)4)34-15-13-23(17-28(34)35)37-19-20-7-9-21(31)10-8-20/h7-13,15-17H,5-6,14,18-19H2,1-4H3. The summed E-state index contributed by atoms with van der Waals surface area (Å²) in [4.78, 5) is 27.5. The zero-order valence-corrected chi connectivity index (χ0v) is 22.2. The summed E-state index contributed by atoms with van der Waals surface area (Å²) in [5.74, 6) is 0.146. The van der Waals surface area contributed by atoms with Crippen molar-refractivity contribution in [3.05, 3.63) is 93.8 Å². The second-order valence-electron chi connectivity index (χ2n) is 10.7. The molecule has 0 saturated heterocycles. The molecule has 3 heterocycles. The van der Waals surface area contributed by atoms with Gasteiger partial charge in [0.2, 0.25) is 0 Å². The fourth-order valence-electron chi connectivity index (χ4n) is 4.90. The Morgan fingerprint density at radius 2 is 1.82 bits per heavy atom. The van der Waals surface area contributed by atoms with Crippen LogP contribution >= 0.6 is 0 Å². The zero-order valence-electron chi connectivity index (χ0n) is 22.2. The van der Waals surface area contributed by atoms with E-state index in [1.165, 1.54) is 23.9 Å². The predicted octanol–water partition coefficient (Wildman–Crippen LogP) is 5.73. The quantitative estimate of drug-likeness (QED) is 0.347. The first-order valence-corrected chi connectivity index (χ1v) is 12.8. The molecule has 0 spiro atoms. The molecule has 1 amide bonds. The molecule has 5 rings (SSSR count). The first-order valence-electron chi connectivity index (χ1n) is 12.8. The summed E-state index contributed by atoms with van der Waals surface area (Å²) in [6.07, 6.45) is 3.10. The Labute approximate surface area is 221 Å².